The van der Waals surface area contributed by atoms with E-state index >= 15 is 0 Å². The second kappa shape index (κ2) is 10.9. The van der Waals surface area contributed by atoms with E-state index in [1.165, 1.54) is 13.3 Å². The third-order valence-electron chi connectivity index (χ3n) is 6.14. The summed E-state index contributed by atoms with van der Waals surface area (Å²) in [6, 6.07) is 4.19. The molecule has 0 bridgehead atoms. The fourth-order valence-electron chi connectivity index (χ4n) is 4.12. The van der Waals surface area contributed by atoms with Crippen LogP contribution in [0.1, 0.15) is 47.8 Å². The van der Waals surface area contributed by atoms with E-state index in [0.717, 1.165) is 0 Å². The van der Waals surface area contributed by atoms with Crippen LogP contribution in [0.25, 0.3) is 0 Å². The number of amides is 1. The molecule has 0 atom stereocenters. The van der Waals surface area contributed by atoms with Crippen molar-refractivity contribution in [1.29, 1.82) is 0 Å². The Hall–Kier alpha value is -4.00. The number of halogens is 3. The molecule has 13 heteroatoms. The van der Waals surface area contributed by atoms with Gasteiger partial charge >= 0.3 is 17.8 Å². The van der Waals surface area contributed by atoms with Crippen molar-refractivity contribution in [2.24, 2.45) is 5.41 Å². The number of nitrogens with one attached hydrogen (secondary N) is 1. The van der Waals surface area contributed by atoms with Gasteiger partial charge in [0.05, 0.1) is 30.3 Å². The summed E-state index contributed by atoms with van der Waals surface area (Å²) in [5, 5.41) is 19.3. The number of hydrogen-bond acceptors (Lipinski definition) is 8. The second-order valence-corrected chi connectivity index (χ2v) is 8.71. The van der Waals surface area contributed by atoms with Gasteiger partial charge < -0.3 is 24.3 Å². The van der Waals surface area contributed by atoms with Crippen LogP contribution in [0, 0.1) is 22.9 Å². The molecule has 4 rings (SSSR count). The third kappa shape index (κ3) is 6.05. The van der Waals surface area contributed by atoms with Gasteiger partial charge in [-0.3, -0.25) is 9.59 Å². The lowest BCUT2D eigenvalue weighted by atomic mass is 9.73. The summed E-state index contributed by atoms with van der Waals surface area (Å²) in [7, 11) is 1.48. The lowest BCUT2D eigenvalue weighted by Gasteiger charge is -2.36. The topological polar surface area (TPSA) is 137 Å². The Balaban J connectivity index is 1.31. The summed E-state index contributed by atoms with van der Waals surface area (Å²) < 4.78 is 56.4. The van der Waals surface area contributed by atoms with Crippen LogP contribution in [0.3, 0.4) is 0 Å². The van der Waals surface area contributed by atoms with Gasteiger partial charge in [-0.1, -0.05) is 0 Å². The van der Waals surface area contributed by atoms with Crippen LogP contribution in [0.2, 0.25) is 0 Å². The van der Waals surface area contributed by atoms with E-state index in [2.05, 4.69) is 20.5 Å². The first-order valence-electron chi connectivity index (χ1n) is 11.3. The van der Waals surface area contributed by atoms with Crippen LogP contribution >= 0.6 is 0 Å². The lowest BCUT2D eigenvalue weighted by molar-refractivity contribution is -0.156. The molecular formula is C24H23F3N4O6. The van der Waals surface area contributed by atoms with Crippen molar-refractivity contribution in [3.05, 3.63) is 65.3 Å². The summed E-state index contributed by atoms with van der Waals surface area (Å²) in [5.41, 5.74) is -0.814. The molecule has 1 aliphatic carbocycles. The van der Waals surface area contributed by atoms with Crippen molar-refractivity contribution >= 4 is 17.6 Å². The van der Waals surface area contributed by atoms with Gasteiger partial charge in [-0.15, -0.1) is 10.2 Å². The predicted molar refractivity (Wildman–Crippen MR) is 120 cm³/mol. The predicted octanol–water partition coefficient (Wildman–Crippen LogP) is 3.76. The van der Waals surface area contributed by atoms with E-state index in [9.17, 15) is 27.9 Å². The highest BCUT2D eigenvalue weighted by atomic mass is 19.2. The molecule has 1 saturated carbocycles. The second-order valence-electron chi connectivity index (χ2n) is 8.71. The molecule has 1 amide bonds. The van der Waals surface area contributed by atoms with Crippen LogP contribution in [0.5, 0.6) is 5.88 Å². The van der Waals surface area contributed by atoms with Gasteiger partial charge in [0, 0.05) is 24.8 Å². The van der Waals surface area contributed by atoms with Crippen molar-refractivity contribution < 1.29 is 41.8 Å². The number of aliphatic carboxylic acids is 1. The number of hydrogen-bond donors (Lipinski definition) is 2. The van der Waals surface area contributed by atoms with Gasteiger partial charge in [-0.25, -0.2) is 18.2 Å². The molecule has 10 nitrogen and oxygen atoms in total. The molecule has 0 aliphatic heterocycles. The molecule has 0 saturated heterocycles. The number of carbonyl (C=O) groups is 2. The molecule has 0 spiro atoms. The monoisotopic (exact) mass is 520 g/mol. The first kappa shape index (κ1) is 26.1. The number of rotatable bonds is 9. The molecule has 1 aromatic carbocycles. The summed E-state index contributed by atoms with van der Waals surface area (Å²) in [6.07, 6.45) is 2.73. The van der Waals surface area contributed by atoms with Crippen molar-refractivity contribution in [3.8, 4) is 5.88 Å². The molecule has 1 fully saturated rings. The van der Waals surface area contributed by atoms with Crippen molar-refractivity contribution in [1.82, 2.24) is 15.2 Å². The van der Waals surface area contributed by atoms with Crippen LogP contribution in [0.4, 0.5) is 18.9 Å². The number of methoxy groups -OCH3 is 1. The Morgan fingerprint density at radius 2 is 1.86 bits per heavy atom. The van der Waals surface area contributed by atoms with E-state index in [0.29, 0.717) is 49.4 Å². The maximum absolute atomic E-state index is 13.8. The van der Waals surface area contributed by atoms with Crippen molar-refractivity contribution in [2.45, 2.75) is 38.2 Å². The van der Waals surface area contributed by atoms with E-state index in [1.54, 1.807) is 12.1 Å². The standard InChI is InChI=1S/C24H23F3N4O6/c1-35-12-24(23(33)34)6-4-15(5-7-24)36-19-3-2-14(11-28-19)29-21(32)22-31-30-20(37-22)9-13-8-17(26)18(27)10-16(13)25/h2-3,8,10-11,15H,4-7,9,12H2,1H3,(H,29,32)(H,33,34). The smallest absolute Gasteiger partial charge is 0.313 e. The van der Waals surface area contributed by atoms with Crippen LogP contribution in [0.15, 0.2) is 34.9 Å². The zero-order chi connectivity index (χ0) is 26.6. The van der Waals surface area contributed by atoms with Gasteiger partial charge in [-0.2, -0.15) is 0 Å². The number of aromatic nitrogens is 3. The van der Waals surface area contributed by atoms with E-state index in [4.69, 9.17) is 13.9 Å². The SMILES string of the molecule is COCC1(C(=O)O)CCC(Oc2ccc(NC(=O)c3nnc(Cc4cc(F)c(F)cc4F)o3)cn2)CC1. The number of benzene rings is 1. The zero-order valence-electron chi connectivity index (χ0n) is 19.7. The quantitative estimate of drug-likeness (QED) is 0.404. The molecule has 0 radical (unpaired) electrons. The molecule has 2 heterocycles. The Labute approximate surface area is 208 Å². The van der Waals surface area contributed by atoms with Gasteiger partial charge in [-0.05, 0) is 37.8 Å². The highest BCUT2D eigenvalue weighted by Crippen LogP contribution is 2.38. The average molecular weight is 520 g/mol. The van der Waals surface area contributed by atoms with Crippen LogP contribution in [-0.2, 0) is 16.0 Å². The number of carboxylic acid groups (broad SMARTS) is 1. The molecule has 0 unspecified atom stereocenters. The maximum Gasteiger partial charge on any atom is 0.313 e. The maximum atomic E-state index is 13.8. The van der Waals surface area contributed by atoms with Gasteiger partial charge in [0.15, 0.2) is 11.6 Å². The Morgan fingerprint density at radius 1 is 1.14 bits per heavy atom. The van der Waals surface area contributed by atoms with E-state index in [1.807, 2.05) is 0 Å². The Morgan fingerprint density at radius 3 is 2.51 bits per heavy atom. The van der Waals surface area contributed by atoms with Crippen molar-refractivity contribution in [2.75, 3.05) is 19.0 Å². The normalized spacial score (nSPS) is 19.4. The van der Waals surface area contributed by atoms with Crippen LogP contribution in [-0.4, -0.2) is 52.0 Å². The van der Waals surface area contributed by atoms with Crippen LogP contribution < -0.4 is 10.1 Å². The highest BCUT2D eigenvalue weighted by molar-refractivity contribution is 6.00. The molecule has 37 heavy (non-hydrogen) atoms. The minimum atomic E-state index is -1.32. The average Bonchev–Trinajstić information content (AvgIpc) is 3.34. The Bertz CT molecular complexity index is 1280. The molecular weight excluding hydrogens is 497 g/mol. The zero-order valence-corrected chi connectivity index (χ0v) is 19.7. The molecule has 3 aromatic rings. The van der Waals surface area contributed by atoms with E-state index in [-0.39, 0.29) is 30.6 Å². The lowest BCUT2D eigenvalue weighted by Crippen LogP contribution is -2.41. The first-order valence-corrected chi connectivity index (χ1v) is 11.3. The van der Waals surface area contributed by atoms with Crippen molar-refractivity contribution in [3.63, 3.8) is 0 Å². The summed E-state index contributed by atoms with van der Waals surface area (Å²) in [4.78, 5) is 28.2. The number of nitrogens with zero attached hydrogens (tertiary/aromatic N) is 3. The summed E-state index contributed by atoms with van der Waals surface area (Å²) in [5.74, 6) is -5.44. The summed E-state index contributed by atoms with van der Waals surface area (Å²) in [6.45, 7) is 0.144. The fraction of sp³-hybridized carbons (Fsp3) is 0.375. The molecule has 1 aliphatic rings. The third-order valence-corrected chi connectivity index (χ3v) is 6.14. The molecule has 196 valence electrons. The number of carbonyl (C=O) groups excluding carboxylic acids is 1. The highest BCUT2D eigenvalue weighted by Gasteiger charge is 2.42. The van der Waals surface area contributed by atoms with E-state index < -0.39 is 40.6 Å². The number of ether oxygens (including phenoxy) is 2. The summed E-state index contributed by atoms with van der Waals surface area (Å²) >= 11 is 0. The fourth-order valence-corrected chi connectivity index (χ4v) is 4.12. The molecule has 2 N–H and O–H groups in total. The minimum Gasteiger partial charge on any atom is -0.481 e. The number of carboxylic acids is 1. The minimum absolute atomic E-state index is 0.144. The Kier molecular flexibility index (Phi) is 7.71. The number of pyridine rings is 1. The first-order chi connectivity index (χ1) is 17.7. The number of anilines is 1. The largest absolute Gasteiger partial charge is 0.481 e. The molecule has 2 aromatic heterocycles. The van der Waals surface area contributed by atoms with Gasteiger partial charge in [0.25, 0.3) is 0 Å². The van der Waals surface area contributed by atoms with Gasteiger partial charge in [0.1, 0.15) is 11.9 Å². The van der Waals surface area contributed by atoms with Gasteiger partial charge in [0.2, 0.25) is 11.8 Å².